The van der Waals surface area contributed by atoms with Crippen molar-refractivity contribution in [2.45, 2.75) is 38.1 Å². The minimum Gasteiger partial charge on any atom is -0.385 e. The molecule has 0 saturated carbocycles. The molecule has 1 unspecified atom stereocenters. The Hall–Kier alpha value is -2.40. The molecule has 2 aromatic rings. The summed E-state index contributed by atoms with van der Waals surface area (Å²) in [5, 5.41) is 5.89. The van der Waals surface area contributed by atoms with Crippen LogP contribution in [0.15, 0.2) is 30.5 Å². The molecule has 4 nitrogen and oxygen atoms in total. The van der Waals surface area contributed by atoms with Gasteiger partial charge in [0.1, 0.15) is 11.6 Å². The largest absolute Gasteiger partial charge is 0.385 e. The van der Waals surface area contributed by atoms with Crippen molar-refractivity contribution in [1.82, 2.24) is 15.2 Å². The first-order valence-corrected chi connectivity index (χ1v) is 9.68. The van der Waals surface area contributed by atoms with Crippen LogP contribution in [0.5, 0.6) is 0 Å². The fourth-order valence-corrected chi connectivity index (χ4v) is 4.32. The van der Waals surface area contributed by atoms with Gasteiger partial charge in [-0.05, 0) is 74.8 Å². The molecular weight excluding hydrogens is 339 g/mol. The van der Waals surface area contributed by atoms with E-state index in [2.05, 4.69) is 28.3 Å². The quantitative estimate of drug-likeness (QED) is 0.871. The number of nitrogens with two attached hydrogens (primary N) is 1. The standard InChI is InChI=1S/C22H27FN4/c1-14-4-3-5-19(23)22(14)15-10-16-13-25-21(24)12-18(16)20(11-15)26-17-6-8-27(2)9-7-17/h3-5,10,12-13,15,17,26H,6-9,11,24H2,1-2H3. The molecule has 2 heterocycles. The zero-order valence-corrected chi connectivity index (χ0v) is 16.0. The van der Waals surface area contributed by atoms with Crippen LogP contribution in [0, 0.1) is 12.7 Å². The average Bonchev–Trinajstić information content (AvgIpc) is 2.64. The maximum absolute atomic E-state index is 14.6. The number of hydrogen-bond acceptors (Lipinski definition) is 4. The predicted molar refractivity (Wildman–Crippen MR) is 108 cm³/mol. The molecule has 1 atom stereocenters. The fourth-order valence-electron chi connectivity index (χ4n) is 4.32. The average molecular weight is 366 g/mol. The van der Waals surface area contributed by atoms with Crippen LogP contribution in [-0.2, 0) is 0 Å². The number of anilines is 1. The molecule has 1 fully saturated rings. The molecule has 2 aliphatic rings. The van der Waals surface area contributed by atoms with Crippen LogP contribution in [0.1, 0.15) is 36.3 Å². The van der Waals surface area contributed by atoms with Gasteiger partial charge in [-0.25, -0.2) is 9.37 Å². The Balaban J connectivity index is 1.74. The molecule has 142 valence electrons. The molecule has 1 saturated heterocycles. The third-order valence-electron chi connectivity index (χ3n) is 5.82. The van der Waals surface area contributed by atoms with Crippen molar-refractivity contribution >= 4 is 17.6 Å². The number of benzene rings is 1. The number of aryl methyl sites for hydroxylation is 1. The number of nitrogens with zero attached hydrogens (tertiary/aromatic N) is 2. The minimum atomic E-state index is -0.137. The van der Waals surface area contributed by atoms with Crippen LogP contribution in [0.3, 0.4) is 0 Å². The van der Waals surface area contributed by atoms with E-state index in [0.717, 1.165) is 59.6 Å². The molecule has 0 amide bonds. The Morgan fingerprint density at radius 1 is 1.26 bits per heavy atom. The number of rotatable bonds is 3. The van der Waals surface area contributed by atoms with Crippen molar-refractivity contribution in [3.8, 4) is 0 Å². The number of pyridine rings is 1. The van der Waals surface area contributed by atoms with E-state index in [1.54, 1.807) is 12.1 Å². The zero-order chi connectivity index (χ0) is 19.0. The second-order valence-corrected chi connectivity index (χ2v) is 7.84. The van der Waals surface area contributed by atoms with E-state index in [9.17, 15) is 4.39 Å². The first-order chi connectivity index (χ1) is 13.0. The fraction of sp³-hybridized carbons (Fsp3) is 0.409. The smallest absolute Gasteiger partial charge is 0.127 e. The van der Waals surface area contributed by atoms with Crippen LogP contribution in [0.25, 0.3) is 11.8 Å². The van der Waals surface area contributed by atoms with Gasteiger partial charge < -0.3 is 16.0 Å². The van der Waals surface area contributed by atoms with Crippen LogP contribution < -0.4 is 21.5 Å². The lowest BCUT2D eigenvalue weighted by atomic mass is 9.86. The molecule has 3 N–H and O–H groups in total. The lowest BCUT2D eigenvalue weighted by molar-refractivity contribution is 0.244. The summed E-state index contributed by atoms with van der Waals surface area (Å²) in [5.41, 5.74) is 8.88. The molecule has 1 aromatic heterocycles. The number of likely N-dealkylation sites (tertiary alicyclic amines) is 1. The molecule has 1 aromatic carbocycles. The van der Waals surface area contributed by atoms with Gasteiger partial charge >= 0.3 is 0 Å². The van der Waals surface area contributed by atoms with Gasteiger partial charge in [-0.2, -0.15) is 0 Å². The van der Waals surface area contributed by atoms with Crippen LogP contribution in [0.2, 0.25) is 0 Å². The third kappa shape index (κ3) is 3.69. The summed E-state index contributed by atoms with van der Waals surface area (Å²) in [6, 6.07) is 7.69. The summed E-state index contributed by atoms with van der Waals surface area (Å²) < 4.78 is 14.6. The lowest BCUT2D eigenvalue weighted by Gasteiger charge is -2.32. The molecule has 1 aliphatic heterocycles. The second-order valence-electron chi connectivity index (χ2n) is 7.84. The van der Waals surface area contributed by atoms with E-state index in [1.165, 1.54) is 0 Å². The predicted octanol–water partition coefficient (Wildman–Crippen LogP) is 1.87. The Bertz CT molecular complexity index is 941. The van der Waals surface area contributed by atoms with Crippen molar-refractivity contribution in [2.75, 3.05) is 25.9 Å². The highest BCUT2D eigenvalue weighted by atomic mass is 19.1. The summed E-state index contributed by atoms with van der Waals surface area (Å²) in [6.07, 6.45) is 6.92. The van der Waals surface area contributed by atoms with Gasteiger partial charge in [0.25, 0.3) is 0 Å². The number of nitrogen functional groups attached to an aromatic ring is 1. The second kappa shape index (κ2) is 7.31. The Kier molecular flexibility index (Phi) is 4.87. The number of fused-ring (bicyclic) bond motifs is 1. The lowest BCUT2D eigenvalue weighted by Crippen LogP contribution is -2.44. The number of aromatic nitrogens is 1. The molecule has 5 heteroatoms. The Morgan fingerprint density at radius 3 is 2.78 bits per heavy atom. The Labute approximate surface area is 159 Å². The third-order valence-corrected chi connectivity index (χ3v) is 5.82. The molecule has 4 rings (SSSR count). The first-order valence-electron chi connectivity index (χ1n) is 9.68. The van der Waals surface area contributed by atoms with Crippen molar-refractivity contribution < 1.29 is 4.39 Å². The molecule has 0 spiro atoms. The summed E-state index contributed by atoms with van der Waals surface area (Å²) in [4.78, 5) is 6.62. The van der Waals surface area contributed by atoms with E-state index in [4.69, 9.17) is 5.73 Å². The number of piperidine rings is 1. The van der Waals surface area contributed by atoms with E-state index in [0.29, 0.717) is 11.9 Å². The van der Waals surface area contributed by atoms with Crippen molar-refractivity contribution in [2.24, 2.45) is 0 Å². The van der Waals surface area contributed by atoms with Crippen molar-refractivity contribution in [3.63, 3.8) is 0 Å². The van der Waals surface area contributed by atoms with Crippen molar-refractivity contribution in [1.29, 1.82) is 0 Å². The van der Waals surface area contributed by atoms with Gasteiger partial charge in [0, 0.05) is 29.1 Å². The maximum Gasteiger partial charge on any atom is 0.127 e. The number of hydrogen-bond donors (Lipinski definition) is 2. The van der Waals surface area contributed by atoms with Gasteiger partial charge in [0.05, 0.1) is 0 Å². The molecule has 27 heavy (non-hydrogen) atoms. The van der Waals surface area contributed by atoms with Crippen LogP contribution >= 0.6 is 0 Å². The van der Waals surface area contributed by atoms with Crippen molar-refractivity contribution in [3.05, 3.63) is 57.8 Å². The summed E-state index contributed by atoms with van der Waals surface area (Å²) in [7, 11) is 2.16. The van der Waals surface area contributed by atoms with E-state index in [-0.39, 0.29) is 11.7 Å². The van der Waals surface area contributed by atoms with Crippen LogP contribution in [-0.4, -0.2) is 36.1 Å². The maximum atomic E-state index is 14.6. The van der Waals surface area contributed by atoms with E-state index < -0.39 is 0 Å². The van der Waals surface area contributed by atoms with Gasteiger partial charge in [-0.3, -0.25) is 0 Å². The summed E-state index contributed by atoms with van der Waals surface area (Å²) >= 11 is 0. The van der Waals surface area contributed by atoms with E-state index >= 15 is 0 Å². The summed E-state index contributed by atoms with van der Waals surface area (Å²) in [5.74, 6) is 0.380. The van der Waals surface area contributed by atoms with E-state index in [1.807, 2.05) is 25.3 Å². The highest BCUT2D eigenvalue weighted by Crippen LogP contribution is 2.31. The van der Waals surface area contributed by atoms with Gasteiger partial charge in [-0.15, -0.1) is 0 Å². The zero-order valence-electron chi connectivity index (χ0n) is 16.0. The normalized spacial score (nSPS) is 20.9. The first kappa shape index (κ1) is 18.0. The van der Waals surface area contributed by atoms with Gasteiger partial charge in [-0.1, -0.05) is 18.2 Å². The highest BCUT2D eigenvalue weighted by molar-refractivity contribution is 5.58. The topological polar surface area (TPSA) is 54.2 Å². The van der Waals surface area contributed by atoms with Crippen LogP contribution in [0.4, 0.5) is 10.2 Å². The SMILES string of the molecule is Cc1cccc(F)c1C1C=c2cnc(N)cc2=C(NC2CCN(C)CC2)C1. The summed E-state index contributed by atoms with van der Waals surface area (Å²) in [6.45, 7) is 4.17. The molecule has 0 bridgehead atoms. The minimum absolute atomic E-state index is 0.00195. The molecule has 1 aliphatic carbocycles. The van der Waals surface area contributed by atoms with Gasteiger partial charge in [0.2, 0.25) is 0 Å². The Morgan fingerprint density at radius 2 is 2.04 bits per heavy atom. The number of nitrogens with one attached hydrogen (secondary N) is 1. The molecule has 0 radical (unpaired) electrons. The van der Waals surface area contributed by atoms with Gasteiger partial charge in [0.15, 0.2) is 0 Å². The highest BCUT2D eigenvalue weighted by Gasteiger charge is 2.24. The number of halogens is 1. The monoisotopic (exact) mass is 366 g/mol. The molecular formula is C22H27FN4.